The second-order valence-electron chi connectivity index (χ2n) is 3.63. The van der Waals surface area contributed by atoms with Crippen LogP contribution in [0.2, 0.25) is 0 Å². The van der Waals surface area contributed by atoms with Gasteiger partial charge in [-0.25, -0.2) is 0 Å². The van der Waals surface area contributed by atoms with E-state index in [0.29, 0.717) is 0 Å². The molecular weight excluding hydrogens is 164 g/mol. The summed E-state index contributed by atoms with van der Waals surface area (Å²) in [6, 6.07) is 0. The summed E-state index contributed by atoms with van der Waals surface area (Å²) in [5.74, 6) is 5.33. The molecule has 0 unspecified atom stereocenters. The summed E-state index contributed by atoms with van der Waals surface area (Å²) in [6.45, 7) is 6.91. The molecule has 0 spiro atoms. The molecule has 0 fully saturated rings. The van der Waals surface area contributed by atoms with E-state index < -0.39 is 11.7 Å². The topological polar surface area (TPSA) is 40.5 Å². The van der Waals surface area contributed by atoms with Crippen LogP contribution in [0, 0.1) is 17.8 Å². The molecule has 0 amide bonds. The van der Waals surface area contributed by atoms with Crippen LogP contribution in [0.25, 0.3) is 0 Å². The molecule has 2 heteroatoms. The maximum Gasteiger partial charge on any atom is 0.119 e. The van der Waals surface area contributed by atoms with Crippen LogP contribution in [-0.2, 0) is 0 Å². The lowest BCUT2D eigenvalue weighted by Crippen LogP contribution is -2.17. The zero-order valence-corrected chi connectivity index (χ0v) is 8.70. The van der Waals surface area contributed by atoms with Crippen molar-refractivity contribution in [1.82, 2.24) is 0 Å². The Labute approximate surface area is 80.3 Å². The molecule has 0 aliphatic rings. The molecule has 0 bridgehead atoms. The van der Waals surface area contributed by atoms with Gasteiger partial charge in [0.1, 0.15) is 5.60 Å². The molecule has 0 rings (SSSR count). The summed E-state index contributed by atoms with van der Waals surface area (Å²) in [6.07, 6.45) is 2.91. The lowest BCUT2D eigenvalue weighted by Gasteiger charge is -2.10. The number of rotatable bonds is 2. The second-order valence-corrected chi connectivity index (χ2v) is 3.63. The van der Waals surface area contributed by atoms with Gasteiger partial charge in [0.15, 0.2) is 0 Å². The van der Waals surface area contributed by atoms with Crippen LogP contribution >= 0.6 is 0 Å². The predicted molar refractivity (Wildman–Crippen MR) is 54.1 cm³/mol. The average molecular weight is 182 g/mol. The quantitative estimate of drug-likeness (QED) is 0.499. The zero-order chi connectivity index (χ0) is 10.5. The predicted octanol–water partition coefficient (Wildman–Crippen LogP) is 1.33. The van der Waals surface area contributed by atoms with Crippen molar-refractivity contribution in [3.05, 3.63) is 12.2 Å². The van der Waals surface area contributed by atoms with Crippen LogP contribution < -0.4 is 0 Å². The third kappa shape index (κ3) is 6.39. The molecule has 0 aromatic rings. The number of hydrogen-bond donors (Lipinski definition) is 2. The van der Waals surface area contributed by atoms with Gasteiger partial charge in [0, 0.05) is 5.92 Å². The third-order valence-corrected chi connectivity index (χ3v) is 1.51. The average Bonchev–Trinajstić information content (AvgIpc) is 1.99. The van der Waals surface area contributed by atoms with E-state index in [0.717, 1.165) is 0 Å². The monoisotopic (exact) mass is 182 g/mol. The van der Waals surface area contributed by atoms with Gasteiger partial charge in [0.2, 0.25) is 0 Å². The highest BCUT2D eigenvalue weighted by Crippen LogP contribution is 2.04. The fourth-order valence-corrected chi connectivity index (χ4v) is 0.740. The van der Waals surface area contributed by atoms with Gasteiger partial charge in [0.05, 0.1) is 6.10 Å². The Morgan fingerprint density at radius 1 is 1.38 bits per heavy atom. The summed E-state index contributed by atoms with van der Waals surface area (Å²) in [5, 5.41) is 18.7. The van der Waals surface area contributed by atoms with Gasteiger partial charge in [-0.05, 0) is 27.7 Å². The molecule has 13 heavy (non-hydrogen) atoms. The number of aliphatic hydroxyl groups excluding tert-OH is 1. The number of allylic oxidation sites excluding steroid dienone is 1. The lowest BCUT2D eigenvalue weighted by molar-refractivity contribution is 0.142. The maximum atomic E-state index is 9.44. The molecule has 2 N–H and O–H groups in total. The molecule has 0 saturated carbocycles. The van der Waals surface area contributed by atoms with Crippen LogP contribution in [-0.4, -0.2) is 21.9 Å². The van der Waals surface area contributed by atoms with Gasteiger partial charge >= 0.3 is 0 Å². The molecule has 0 aromatic heterocycles. The fraction of sp³-hybridized carbons (Fsp3) is 0.636. The Bertz CT molecular complexity index is 225. The highest BCUT2D eigenvalue weighted by Gasteiger charge is 2.10. The Morgan fingerprint density at radius 2 is 1.92 bits per heavy atom. The van der Waals surface area contributed by atoms with Gasteiger partial charge in [-0.15, -0.1) is 0 Å². The third-order valence-electron chi connectivity index (χ3n) is 1.51. The van der Waals surface area contributed by atoms with Crippen molar-refractivity contribution in [2.75, 3.05) is 0 Å². The van der Waals surface area contributed by atoms with E-state index in [1.807, 2.05) is 13.8 Å². The zero-order valence-electron chi connectivity index (χ0n) is 8.70. The molecule has 0 radical (unpaired) electrons. The molecule has 0 aromatic carbocycles. The molecule has 0 aliphatic heterocycles. The normalized spacial score (nSPS) is 16.5. The molecule has 74 valence electrons. The summed E-state index contributed by atoms with van der Waals surface area (Å²) in [4.78, 5) is 0. The van der Waals surface area contributed by atoms with Crippen molar-refractivity contribution in [2.45, 2.75) is 39.4 Å². The molecule has 2 nitrogen and oxygen atoms in total. The first-order chi connectivity index (χ1) is 5.87. The summed E-state index contributed by atoms with van der Waals surface area (Å²) in [7, 11) is 0. The minimum Gasteiger partial charge on any atom is -0.388 e. The SMILES string of the molecule is C/C=C/[C@H](O)[C@H](C)C#CC(C)(C)O. The van der Waals surface area contributed by atoms with Gasteiger partial charge in [0.25, 0.3) is 0 Å². The maximum absolute atomic E-state index is 9.44. The second kappa shape index (κ2) is 5.06. The van der Waals surface area contributed by atoms with Crippen molar-refractivity contribution < 1.29 is 10.2 Å². The first-order valence-electron chi connectivity index (χ1n) is 4.43. The minimum atomic E-state index is -0.982. The van der Waals surface area contributed by atoms with Gasteiger partial charge < -0.3 is 10.2 Å². The van der Waals surface area contributed by atoms with E-state index >= 15 is 0 Å². The lowest BCUT2D eigenvalue weighted by atomic mass is 10.0. The Kier molecular flexibility index (Phi) is 4.76. The highest BCUT2D eigenvalue weighted by atomic mass is 16.3. The van der Waals surface area contributed by atoms with Crippen LogP contribution in [0.15, 0.2) is 12.2 Å². The van der Waals surface area contributed by atoms with Crippen LogP contribution in [0.5, 0.6) is 0 Å². The fourth-order valence-electron chi connectivity index (χ4n) is 0.740. The molecule has 0 aliphatic carbocycles. The molecule has 0 heterocycles. The number of hydrogen-bond acceptors (Lipinski definition) is 2. The van der Waals surface area contributed by atoms with Crippen molar-refractivity contribution in [3.8, 4) is 11.8 Å². The molecule has 0 saturated heterocycles. The van der Waals surface area contributed by atoms with Gasteiger partial charge in [-0.2, -0.15) is 0 Å². The van der Waals surface area contributed by atoms with E-state index in [9.17, 15) is 10.2 Å². The minimum absolute atomic E-state index is 0.150. The van der Waals surface area contributed by atoms with E-state index in [1.54, 1.807) is 26.0 Å². The Balaban J connectivity index is 4.26. The van der Waals surface area contributed by atoms with E-state index in [4.69, 9.17) is 0 Å². The van der Waals surface area contributed by atoms with Crippen molar-refractivity contribution in [1.29, 1.82) is 0 Å². The van der Waals surface area contributed by atoms with Crippen LogP contribution in [0.3, 0.4) is 0 Å². The van der Waals surface area contributed by atoms with Crippen molar-refractivity contribution >= 4 is 0 Å². The summed E-state index contributed by atoms with van der Waals surface area (Å²) >= 11 is 0. The van der Waals surface area contributed by atoms with E-state index in [2.05, 4.69) is 11.8 Å². The van der Waals surface area contributed by atoms with Crippen molar-refractivity contribution in [3.63, 3.8) is 0 Å². The molecular formula is C11H18O2. The first-order valence-corrected chi connectivity index (χ1v) is 4.43. The van der Waals surface area contributed by atoms with E-state index in [-0.39, 0.29) is 5.92 Å². The first kappa shape index (κ1) is 12.2. The summed E-state index contributed by atoms with van der Waals surface area (Å²) < 4.78 is 0. The van der Waals surface area contributed by atoms with Crippen molar-refractivity contribution in [2.24, 2.45) is 5.92 Å². The number of aliphatic hydroxyl groups is 2. The Morgan fingerprint density at radius 3 is 2.31 bits per heavy atom. The van der Waals surface area contributed by atoms with Gasteiger partial charge in [-0.1, -0.05) is 24.0 Å². The smallest absolute Gasteiger partial charge is 0.119 e. The van der Waals surface area contributed by atoms with Crippen LogP contribution in [0.4, 0.5) is 0 Å². The van der Waals surface area contributed by atoms with Gasteiger partial charge in [-0.3, -0.25) is 0 Å². The largest absolute Gasteiger partial charge is 0.388 e. The highest BCUT2D eigenvalue weighted by molar-refractivity contribution is 5.14. The Hall–Kier alpha value is -0.780. The molecule has 2 atom stereocenters. The van der Waals surface area contributed by atoms with E-state index in [1.165, 1.54) is 0 Å². The standard InChI is InChI=1S/C11H18O2/c1-5-6-10(12)9(2)7-8-11(3,4)13/h5-6,9-10,12-13H,1-4H3/b6-5+/t9-,10+/m1/s1. The summed E-state index contributed by atoms with van der Waals surface area (Å²) in [5.41, 5.74) is -0.982. The van der Waals surface area contributed by atoms with Crippen LogP contribution in [0.1, 0.15) is 27.7 Å².